The Morgan fingerprint density at radius 3 is 2.71 bits per heavy atom. The van der Waals surface area contributed by atoms with Crippen LogP contribution in [0.15, 0.2) is 42.5 Å². The number of nitrogens with one attached hydrogen (secondary N) is 1. The number of benzene rings is 2. The molecule has 2 rings (SSSR count). The fourth-order valence-corrected chi connectivity index (χ4v) is 2.93. The van der Waals surface area contributed by atoms with Crippen molar-refractivity contribution in [3.05, 3.63) is 63.9 Å². The molecule has 0 saturated carbocycles. The molecule has 2 aromatic carbocycles. The van der Waals surface area contributed by atoms with Gasteiger partial charge in [0.25, 0.3) is 0 Å². The van der Waals surface area contributed by atoms with Gasteiger partial charge < -0.3 is 5.32 Å². The van der Waals surface area contributed by atoms with Gasteiger partial charge in [0, 0.05) is 15.8 Å². The van der Waals surface area contributed by atoms with Crippen LogP contribution >= 0.6 is 35.0 Å². The van der Waals surface area contributed by atoms with Crippen LogP contribution in [0, 0.1) is 5.82 Å². The normalized spacial score (nSPS) is 10.4. The Morgan fingerprint density at radius 1 is 1.19 bits per heavy atom. The standard InChI is InChI=1S/C15H12Cl2FNOS/c16-11-5-6-13(18)14(7-11)19-15(20)9-21-8-10-3-1-2-4-12(10)17/h1-7H,8-9H2,(H,19,20). The molecule has 0 saturated heterocycles. The molecule has 0 aliphatic rings. The smallest absolute Gasteiger partial charge is 0.234 e. The fourth-order valence-electron chi connectivity index (χ4n) is 1.65. The summed E-state index contributed by atoms with van der Waals surface area (Å²) in [6, 6.07) is 11.5. The molecule has 0 radical (unpaired) electrons. The minimum atomic E-state index is -0.510. The van der Waals surface area contributed by atoms with Gasteiger partial charge in [-0.3, -0.25) is 4.79 Å². The zero-order valence-corrected chi connectivity index (χ0v) is 13.2. The van der Waals surface area contributed by atoms with Crippen molar-refractivity contribution >= 4 is 46.6 Å². The van der Waals surface area contributed by atoms with E-state index in [4.69, 9.17) is 23.2 Å². The number of anilines is 1. The van der Waals surface area contributed by atoms with E-state index in [-0.39, 0.29) is 17.3 Å². The lowest BCUT2D eigenvalue weighted by molar-refractivity contribution is -0.113. The predicted molar refractivity (Wildman–Crippen MR) is 87.7 cm³/mol. The molecule has 0 aliphatic heterocycles. The molecule has 0 fully saturated rings. The van der Waals surface area contributed by atoms with Gasteiger partial charge in [-0.2, -0.15) is 0 Å². The summed E-state index contributed by atoms with van der Waals surface area (Å²) in [5.41, 5.74) is 1.05. The van der Waals surface area contributed by atoms with E-state index in [0.717, 1.165) is 5.56 Å². The number of carbonyl (C=O) groups is 1. The third kappa shape index (κ3) is 4.92. The Labute approximate surface area is 136 Å². The van der Waals surface area contributed by atoms with Crippen molar-refractivity contribution in [1.29, 1.82) is 0 Å². The highest BCUT2D eigenvalue weighted by atomic mass is 35.5. The van der Waals surface area contributed by atoms with Crippen LogP contribution in [0.1, 0.15) is 5.56 Å². The first-order valence-corrected chi connectivity index (χ1v) is 8.03. The minimum Gasteiger partial charge on any atom is -0.323 e. The second-order valence-corrected chi connectivity index (χ2v) is 6.09. The molecule has 2 nitrogen and oxygen atoms in total. The molecule has 0 spiro atoms. The van der Waals surface area contributed by atoms with E-state index in [9.17, 15) is 9.18 Å². The largest absolute Gasteiger partial charge is 0.323 e. The zero-order chi connectivity index (χ0) is 15.2. The highest BCUT2D eigenvalue weighted by Crippen LogP contribution is 2.22. The quantitative estimate of drug-likeness (QED) is 0.827. The molecule has 0 aromatic heterocycles. The summed E-state index contributed by atoms with van der Waals surface area (Å²) >= 11 is 13.2. The molecule has 0 aliphatic carbocycles. The average Bonchev–Trinajstić information content (AvgIpc) is 2.45. The van der Waals surface area contributed by atoms with Crippen LogP contribution < -0.4 is 5.32 Å². The van der Waals surface area contributed by atoms with Crippen LogP contribution in [0.3, 0.4) is 0 Å². The van der Waals surface area contributed by atoms with E-state index in [1.54, 1.807) is 6.07 Å². The number of hydrogen-bond donors (Lipinski definition) is 1. The Balaban J connectivity index is 1.85. The van der Waals surface area contributed by atoms with Gasteiger partial charge in [0.05, 0.1) is 11.4 Å². The summed E-state index contributed by atoms with van der Waals surface area (Å²) in [5.74, 6) is 0.0273. The third-order valence-electron chi connectivity index (χ3n) is 2.65. The maximum atomic E-state index is 13.5. The van der Waals surface area contributed by atoms with Crippen LogP contribution in [0.25, 0.3) is 0 Å². The predicted octanol–water partition coefficient (Wildman–Crippen LogP) is 5.00. The molecular formula is C15H12Cl2FNOS. The molecule has 21 heavy (non-hydrogen) atoms. The molecule has 0 atom stereocenters. The van der Waals surface area contributed by atoms with E-state index in [0.29, 0.717) is 15.8 Å². The molecule has 110 valence electrons. The van der Waals surface area contributed by atoms with Crippen molar-refractivity contribution in [2.45, 2.75) is 5.75 Å². The van der Waals surface area contributed by atoms with Crippen molar-refractivity contribution in [3.8, 4) is 0 Å². The second-order valence-electron chi connectivity index (χ2n) is 4.26. The van der Waals surface area contributed by atoms with Crippen molar-refractivity contribution in [3.63, 3.8) is 0 Å². The highest BCUT2D eigenvalue weighted by Gasteiger charge is 2.08. The Morgan fingerprint density at radius 2 is 1.95 bits per heavy atom. The number of halogens is 3. The number of thioether (sulfide) groups is 1. The molecule has 6 heteroatoms. The first kappa shape index (κ1) is 16.1. The lowest BCUT2D eigenvalue weighted by Crippen LogP contribution is -2.15. The Bertz CT molecular complexity index is 651. The topological polar surface area (TPSA) is 29.1 Å². The van der Waals surface area contributed by atoms with Gasteiger partial charge >= 0.3 is 0 Å². The van der Waals surface area contributed by atoms with Crippen molar-refractivity contribution < 1.29 is 9.18 Å². The summed E-state index contributed by atoms with van der Waals surface area (Å²) in [7, 11) is 0. The van der Waals surface area contributed by atoms with Crippen molar-refractivity contribution in [1.82, 2.24) is 0 Å². The third-order valence-corrected chi connectivity index (χ3v) is 4.24. The Hall–Kier alpha value is -1.23. The van der Waals surface area contributed by atoms with Crippen LogP contribution in [-0.2, 0) is 10.5 Å². The van der Waals surface area contributed by atoms with Gasteiger partial charge in [0.1, 0.15) is 5.82 Å². The summed E-state index contributed by atoms with van der Waals surface area (Å²) in [4.78, 5) is 11.8. The van der Waals surface area contributed by atoms with Gasteiger partial charge in [-0.05, 0) is 29.8 Å². The molecule has 0 unspecified atom stereocenters. The van der Waals surface area contributed by atoms with E-state index in [1.165, 1.54) is 30.0 Å². The van der Waals surface area contributed by atoms with Crippen LogP contribution in [0.2, 0.25) is 10.0 Å². The number of rotatable bonds is 5. The zero-order valence-electron chi connectivity index (χ0n) is 10.9. The first-order chi connectivity index (χ1) is 10.1. The van der Waals surface area contributed by atoms with Crippen molar-refractivity contribution in [2.24, 2.45) is 0 Å². The van der Waals surface area contributed by atoms with Gasteiger partial charge in [0.15, 0.2) is 0 Å². The molecule has 2 aromatic rings. The van der Waals surface area contributed by atoms with E-state index in [2.05, 4.69) is 5.32 Å². The molecular weight excluding hydrogens is 332 g/mol. The van der Waals surface area contributed by atoms with E-state index >= 15 is 0 Å². The monoisotopic (exact) mass is 343 g/mol. The lowest BCUT2D eigenvalue weighted by atomic mass is 10.2. The maximum absolute atomic E-state index is 13.5. The Kier molecular flexibility index (Phi) is 5.91. The maximum Gasteiger partial charge on any atom is 0.234 e. The number of hydrogen-bond acceptors (Lipinski definition) is 2. The van der Waals surface area contributed by atoms with Gasteiger partial charge in [0.2, 0.25) is 5.91 Å². The molecule has 1 amide bonds. The van der Waals surface area contributed by atoms with E-state index < -0.39 is 5.82 Å². The summed E-state index contributed by atoms with van der Waals surface area (Å²) in [6.07, 6.45) is 0. The van der Waals surface area contributed by atoms with Crippen molar-refractivity contribution in [2.75, 3.05) is 11.1 Å². The van der Waals surface area contributed by atoms with E-state index in [1.807, 2.05) is 18.2 Å². The summed E-state index contributed by atoms with van der Waals surface area (Å²) in [6.45, 7) is 0. The average molecular weight is 344 g/mol. The summed E-state index contributed by atoms with van der Waals surface area (Å²) in [5, 5.41) is 3.54. The second kappa shape index (κ2) is 7.69. The van der Waals surface area contributed by atoms with Crippen LogP contribution in [-0.4, -0.2) is 11.7 Å². The van der Waals surface area contributed by atoms with Gasteiger partial charge in [-0.25, -0.2) is 4.39 Å². The SMILES string of the molecule is O=C(CSCc1ccccc1Cl)Nc1cc(Cl)ccc1F. The molecule has 0 bridgehead atoms. The number of amides is 1. The molecule has 0 heterocycles. The molecule has 1 N–H and O–H groups in total. The lowest BCUT2D eigenvalue weighted by Gasteiger charge is -2.07. The van der Waals surface area contributed by atoms with Crippen LogP contribution in [0.5, 0.6) is 0 Å². The minimum absolute atomic E-state index is 0.0887. The first-order valence-electron chi connectivity index (χ1n) is 6.12. The highest BCUT2D eigenvalue weighted by molar-refractivity contribution is 7.99. The fraction of sp³-hybridized carbons (Fsp3) is 0.133. The van der Waals surface area contributed by atoms with Gasteiger partial charge in [-0.1, -0.05) is 41.4 Å². The number of carbonyl (C=O) groups excluding carboxylic acids is 1. The summed E-state index contributed by atoms with van der Waals surface area (Å²) < 4.78 is 13.5. The van der Waals surface area contributed by atoms with Crippen LogP contribution in [0.4, 0.5) is 10.1 Å². The van der Waals surface area contributed by atoms with Gasteiger partial charge in [-0.15, -0.1) is 11.8 Å².